The summed E-state index contributed by atoms with van der Waals surface area (Å²) >= 11 is 0. The minimum atomic E-state index is -0.458. The van der Waals surface area contributed by atoms with E-state index in [1.165, 1.54) is 17.0 Å². The van der Waals surface area contributed by atoms with Gasteiger partial charge in [-0.2, -0.15) is 0 Å². The molecule has 104 valence electrons. The van der Waals surface area contributed by atoms with Gasteiger partial charge >= 0.3 is 0 Å². The summed E-state index contributed by atoms with van der Waals surface area (Å²) in [5.74, 6) is -0.706. The molecule has 0 unspecified atom stereocenters. The first-order valence-corrected chi connectivity index (χ1v) is 6.25. The second-order valence-electron chi connectivity index (χ2n) is 4.55. The third kappa shape index (κ3) is 3.39. The van der Waals surface area contributed by atoms with Crippen molar-refractivity contribution in [1.82, 2.24) is 9.88 Å². The van der Waals surface area contributed by atoms with Crippen LogP contribution in [0.1, 0.15) is 21.6 Å². The van der Waals surface area contributed by atoms with E-state index in [1.807, 2.05) is 24.3 Å². The van der Waals surface area contributed by atoms with E-state index in [-0.39, 0.29) is 11.6 Å². The summed E-state index contributed by atoms with van der Waals surface area (Å²) in [4.78, 5) is 17.5. The van der Waals surface area contributed by atoms with Gasteiger partial charge < -0.3 is 10.6 Å². The summed E-state index contributed by atoms with van der Waals surface area (Å²) in [7, 11) is 1.68. The number of halogens is 1. The Morgan fingerprint density at radius 3 is 2.70 bits per heavy atom. The lowest BCUT2D eigenvalue weighted by Crippen LogP contribution is -2.27. The van der Waals surface area contributed by atoms with Gasteiger partial charge in [0.05, 0.1) is 6.20 Å². The molecule has 0 aliphatic heterocycles. The molecule has 0 saturated heterocycles. The second-order valence-corrected chi connectivity index (χ2v) is 4.55. The maximum absolute atomic E-state index is 12.8. The van der Waals surface area contributed by atoms with E-state index < -0.39 is 5.82 Å². The van der Waals surface area contributed by atoms with Crippen LogP contribution in [-0.2, 0) is 13.1 Å². The summed E-state index contributed by atoms with van der Waals surface area (Å²) in [5.41, 5.74) is 7.82. The minimum Gasteiger partial charge on any atom is -0.336 e. The van der Waals surface area contributed by atoms with Crippen molar-refractivity contribution in [3.05, 3.63) is 65.2 Å². The van der Waals surface area contributed by atoms with Crippen LogP contribution in [0.3, 0.4) is 0 Å². The molecule has 0 bridgehead atoms. The molecule has 0 atom stereocenters. The van der Waals surface area contributed by atoms with Crippen molar-refractivity contribution in [2.24, 2.45) is 5.73 Å². The molecule has 1 aromatic carbocycles. The third-order valence-corrected chi connectivity index (χ3v) is 2.94. The molecular formula is C15H16FN3O. The molecule has 4 nitrogen and oxygen atoms in total. The number of nitrogens with two attached hydrogens (primary N) is 1. The molecule has 1 aromatic heterocycles. The number of carbonyl (C=O) groups excluding carboxylic acids is 1. The SMILES string of the molecule is CN(Cc1cccc(CN)c1)C(=O)c1ccc(F)cn1. The number of pyridine rings is 1. The number of hydrogen-bond donors (Lipinski definition) is 1. The van der Waals surface area contributed by atoms with Gasteiger partial charge in [-0.15, -0.1) is 0 Å². The molecule has 0 spiro atoms. The number of amides is 1. The highest BCUT2D eigenvalue weighted by Crippen LogP contribution is 2.09. The summed E-state index contributed by atoms with van der Waals surface area (Å²) in [6, 6.07) is 10.3. The summed E-state index contributed by atoms with van der Waals surface area (Å²) < 4.78 is 12.8. The van der Waals surface area contributed by atoms with Crippen molar-refractivity contribution in [3.63, 3.8) is 0 Å². The smallest absolute Gasteiger partial charge is 0.272 e. The lowest BCUT2D eigenvalue weighted by atomic mass is 10.1. The van der Waals surface area contributed by atoms with Gasteiger partial charge in [0.2, 0.25) is 0 Å². The molecule has 2 rings (SSSR count). The van der Waals surface area contributed by atoms with Crippen LogP contribution in [0.2, 0.25) is 0 Å². The van der Waals surface area contributed by atoms with E-state index >= 15 is 0 Å². The predicted molar refractivity (Wildman–Crippen MR) is 74.3 cm³/mol. The van der Waals surface area contributed by atoms with Crippen molar-refractivity contribution < 1.29 is 9.18 Å². The molecule has 0 fully saturated rings. The highest BCUT2D eigenvalue weighted by molar-refractivity contribution is 5.92. The van der Waals surface area contributed by atoms with Crippen LogP contribution < -0.4 is 5.73 Å². The Bertz CT molecular complexity index is 598. The van der Waals surface area contributed by atoms with Crippen LogP contribution in [0.25, 0.3) is 0 Å². The van der Waals surface area contributed by atoms with Gasteiger partial charge in [-0.05, 0) is 23.3 Å². The van der Waals surface area contributed by atoms with Crippen molar-refractivity contribution in [2.75, 3.05) is 7.05 Å². The van der Waals surface area contributed by atoms with E-state index in [1.54, 1.807) is 7.05 Å². The fourth-order valence-corrected chi connectivity index (χ4v) is 1.90. The van der Waals surface area contributed by atoms with E-state index in [4.69, 9.17) is 5.73 Å². The molecular weight excluding hydrogens is 257 g/mol. The Hall–Kier alpha value is -2.27. The van der Waals surface area contributed by atoms with Crippen molar-refractivity contribution >= 4 is 5.91 Å². The van der Waals surface area contributed by atoms with Crippen LogP contribution >= 0.6 is 0 Å². The maximum Gasteiger partial charge on any atom is 0.272 e. The average molecular weight is 273 g/mol. The lowest BCUT2D eigenvalue weighted by Gasteiger charge is -2.17. The predicted octanol–water partition coefficient (Wildman–Crippen LogP) is 1.95. The Labute approximate surface area is 117 Å². The van der Waals surface area contributed by atoms with Crippen molar-refractivity contribution in [1.29, 1.82) is 0 Å². The summed E-state index contributed by atoms with van der Waals surface area (Å²) in [6.45, 7) is 0.913. The average Bonchev–Trinajstić information content (AvgIpc) is 2.47. The van der Waals surface area contributed by atoms with Crippen molar-refractivity contribution in [3.8, 4) is 0 Å². The van der Waals surface area contributed by atoms with Gasteiger partial charge in [-0.25, -0.2) is 9.37 Å². The number of aromatic nitrogens is 1. The molecule has 5 heteroatoms. The molecule has 20 heavy (non-hydrogen) atoms. The van der Waals surface area contributed by atoms with Crippen LogP contribution in [-0.4, -0.2) is 22.8 Å². The number of carbonyl (C=O) groups is 1. The summed E-state index contributed by atoms with van der Waals surface area (Å²) in [5, 5.41) is 0. The quantitative estimate of drug-likeness (QED) is 0.926. The first-order chi connectivity index (χ1) is 9.60. The normalized spacial score (nSPS) is 10.3. The van der Waals surface area contributed by atoms with Gasteiger partial charge in [-0.1, -0.05) is 24.3 Å². The zero-order valence-electron chi connectivity index (χ0n) is 11.2. The first kappa shape index (κ1) is 14.1. The maximum atomic E-state index is 12.8. The minimum absolute atomic E-state index is 0.226. The zero-order chi connectivity index (χ0) is 14.5. The third-order valence-electron chi connectivity index (χ3n) is 2.94. The molecule has 1 heterocycles. The van der Waals surface area contributed by atoms with Crippen molar-refractivity contribution in [2.45, 2.75) is 13.1 Å². The fraction of sp³-hybridized carbons (Fsp3) is 0.200. The van der Waals surface area contributed by atoms with Crippen LogP contribution in [0.5, 0.6) is 0 Å². The van der Waals surface area contributed by atoms with E-state index in [9.17, 15) is 9.18 Å². The highest BCUT2D eigenvalue weighted by atomic mass is 19.1. The second kappa shape index (κ2) is 6.25. The number of hydrogen-bond acceptors (Lipinski definition) is 3. The molecule has 2 aromatic rings. The Kier molecular flexibility index (Phi) is 4.42. The molecule has 0 aliphatic carbocycles. The van der Waals surface area contributed by atoms with E-state index in [0.29, 0.717) is 13.1 Å². The molecule has 1 amide bonds. The number of nitrogens with zero attached hydrogens (tertiary/aromatic N) is 2. The van der Waals surface area contributed by atoms with Gasteiger partial charge in [0.1, 0.15) is 11.5 Å². The highest BCUT2D eigenvalue weighted by Gasteiger charge is 2.13. The first-order valence-electron chi connectivity index (χ1n) is 6.25. The fourth-order valence-electron chi connectivity index (χ4n) is 1.90. The monoisotopic (exact) mass is 273 g/mol. The molecule has 0 saturated carbocycles. The number of benzene rings is 1. The standard InChI is InChI=1S/C15H16FN3O/c1-19(10-12-4-2-3-11(7-12)8-17)15(20)14-6-5-13(16)9-18-14/h2-7,9H,8,10,17H2,1H3. The largest absolute Gasteiger partial charge is 0.336 e. The number of rotatable bonds is 4. The zero-order valence-corrected chi connectivity index (χ0v) is 11.2. The van der Waals surface area contributed by atoms with Crippen LogP contribution in [0, 0.1) is 5.82 Å². The lowest BCUT2D eigenvalue weighted by molar-refractivity contribution is 0.0779. The van der Waals surface area contributed by atoms with Crippen LogP contribution in [0.4, 0.5) is 4.39 Å². The summed E-state index contributed by atoms with van der Waals surface area (Å²) in [6.07, 6.45) is 1.04. The molecule has 0 radical (unpaired) electrons. The van der Waals surface area contributed by atoms with Gasteiger partial charge in [0, 0.05) is 20.1 Å². The van der Waals surface area contributed by atoms with Crippen LogP contribution in [0.15, 0.2) is 42.6 Å². The van der Waals surface area contributed by atoms with E-state index in [0.717, 1.165) is 17.3 Å². The Balaban J connectivity index is 2.09. The van der Waals surface area contributed by atoms with E-state index in [2.05, 4.69) is 4.98 Å². The molecule has 2 N–H and O–H groups in total. The molecule has 0 aliphatic rings. The van der Waals surface area contributed by atoms with Gasteiger partial charge in [0.25, 0.3) is 5.91 Å². The van der Waals surface area contributed by atoms with Gasteiger partial charge in [-0.3, -0.25) is 4.79 Å². The Morgan fingerprint density at radius 2 is 2.05 bits per heavy atom. The van der Waals surface area contributed by atoms with Gasteiger partial charge in [0.15, 0.2) is 0 Å². The topological polar surface area (TPSA) is 59.2 Å². The Morgan fingerprint density at radius 1 is 1.30 bits per heavy atom.